The van der Waals surface area contributed by atoms with E-state index in [9.17, 15) is 0 Å². The minimum atomic E-state index is -0.0193. The molecule has 0 fully saturated rings. The normalized spacial score (nSPS) is 15.0. The Morgan fingerprint density at radius 1 is 0.655 bits per heavy atom. The number of hydrogen-bond donors (Lipinski definition) is 1. The molecule has 0 amide bonds. The topological polar surface area (TPSA) is 20.7 Å². The van der Waals surface area contributed by atoms with Crippen molar-refractivity contribution in [2.45, 2.75) is 60.3 Å². The van der Waals surface area contributed by atoms with E-state index in [-0.39, 0.29) is 5.41 Å². The summed E-state index contributed by atoms with van der Waals surface area (Å²) in [5.41, 5.74) is 14.1. The maximum absolute atomic E-state index is 3.56. The smallest absolute Gasteiger partial charge is 0.0619 e. The highest BCUT2D eigenvalue weighted by Gasteiger charge is 2.38. The predicted octanol–water partition coefficient (Wildman–Crippen LogP) is 15.6. The van der Waals surface area contributed by atoms with E-state index >= 15 is 0 Å². The monoisotopic (exact) mass is 716 g/mol. The number of rotatable bonds is 5. The predicted molar refractivity (Wildman–Crippen MR) is 244 cm³/mol. The molecule has 0 aliphatic heterocycles. The number of fused-ring (bicyclic) bond motifs is 10. The van der Waals surface area contributed by atoms with Crippen LogP contribution in [0.5, 0.6) is 0 Å². The van der Waals surface area contributed by atoms with Gasteiger partial charge in [0.1, 0.15) is 0 Å². The molecule has 0 saturated carbocycles. The molecule has 2 heteroatoms. The fourth-order valence-corrected chi connectivity index (χ4v) is 8.51. The Labute approximate surface area is 326 Å². The van der Waals surface area contributed by atoms with Gasteiger partial charge >= 0.3 is 0 Å². The van der Waals surface area contributed by atoms with Gasteiger partial charge in [0.2, 0.25) is 0 Å². The Hall–Kier alpha value is -6.12. The Morgan fingerprint density at radius 2 is 1.31 bits per heavy atom. The number of hydrogen-bond acceptors (Lipinski definition) is 0. The molecule has 2 nitrogen and oxygen atoms in total. The van der Waals surface area contributed by atoms with Crippen LogP contribution in [0.4, 0.5) is 0 Å². The second-order valence-electron chi connectivity index (χ2n) is 14.4. The van der Waals surface area contributed by atoms with E-state index in [0.717, 1.165) is 6.42 Å². The molecule has 0 bridgehead atoms. The first-order valence-electron chi connectivity index (χ1n) is 19.8. The van der Waals surface area contributed by atoms with Gasteiger partial charge in [-0.2, -0.15) is 0 Å². The highest BCUT2D eigenvalue weighted by atomic mass is 15.0. The number of allylic oxidation sites excluding steroid dienone is 9. The summed E-state index contributed by atoms with van der Waals surface area (Å²) in [4.78, 5) is 3.56. The minimum absolute atomic E-state index is 0.0193. The van der Waals surface area contributed by atoms with Gasteiger partial charge in [-0.15, -0.1) is 0 Å². The molecule has 1 aliphatic rings. The quantitative estimate of drug-likeness (QED) is 0.171. The van der Waals surface area contributed by atoms with E-state index in [1.807, 2.05) is 45.1 Å². The van der Waals surface area contributed by atoms with Gasteiger partial charge in [0, 0.05) is 49.1 Å². The van der Waals surface area contributed by atoms with Crippen LogP contribution in [0.3, 0.4) is 0 Å². The number of aromatic amines is 1. The molecule has 55 heavy (non-hydrogen) atoms. The van der Waals surface area contributed by atoms with Crippen molar-refractivity contribution in [2.75, 3.05) is 0 Å². The molecule has 8 aromatic rings. The van der Waals surface area contributed by atoms with Crippen LogP contribution in [0.25, 0.3) is 76.8 Å². The summed E-state index contributed by atoms with van der Waals surface area (Å²) in [5.74, 6) is 0. The largest absolute Gasteiger partial charge is 0.355 e. The lowest BCUT2D eigenvalue weighted by Gasteiger charge is -2.22. The van der Waals surface area contributed by atoms with E-state index in [0.29, 0.717) is 0 Å². The van der Waals surface area contributed by atoms with Crippen molar-refractivity contribution in [1.29, 1.82) is 0 Å². The van der Waals surface area contributed by atoms with E-state index in [4.69, 9.17) is 0 Å². The van der Waals surface area contributed by atoms with Crippen molar-refractivity contribution in [3.05, 3.63) is 181 Å². The van der Waals surface area contributed by atoms with Crippen LogP contribution in [-0.2, 0) is 5.41 Å². The van der Waals surface area contributed by atoms with Gasteiger partial charge in [-0.1, -0.05) is 163 Å². The molecule has 0 spiro atoms. The Balaban J connectivity index is 0.000000468. The van der Waals surface area contributed by atoms with E-state index in [1.54, 1.807) is 6.08 Å². The van der Waals surface area contributed by atoms with Gasteiger partial charge in [-0.05, 0) is 95.5 Å². The fraction of sp³-hybridized carbons (Fsp3) is 0.170. The average Bonchev–Trinajstić information content (AvgIpc) is 3.84. The fourth-order valence-electron chi connectivity index (χ4n) is 8.51. The zero-order valence-corrected chi connectivity index (χ0v) is 33.4. The van der Waals surface area contributed by atoms with Crippen LogP contribution in [-0.4, -0.2) is 9.55 Å². The van der Waals surface area contributed by atoms with Gasteiger partial charge in [-0.3, -0.25) is 0 Å². The average molecular weight is 717 g/mol. The maximum atomic E-state index is 3.56. The first-order valence-corrected chi connectivity index (χ1v) is 19.8. The highest BCUT2D eigenvalue weighted by Crippen LogP contribution is 2.53. The molecule has 0 atom stereocenters. The van der Waals surface area contributed by atoms with Crippen LogP contribution >= 0.6 is 0 Å². The van der Waals surface area contributed by atoms with E-state index in [2.05, 4.69) is 171 Å². The van der Waals surface area contributed by atoms with Crippen molar-refractivity contribution >= 4 is 60.0 Å². The number of nitrogens with zero attached hydrogens (tertiary/aromatic N) is 1. The summed E-state index contributed by atoms with van der Waals surface area (Å²) in [6.07, 6.45) is 15.3. The molecule has 0 saturated heterocycles. The summed E-state index contributed by atoms with van der Waals surface area (Å²) >= 11 is 0. The standard InChI is InChI=1S/C44H36N2.C7H10.C2H6/c1-5-11-37-30(6-2)42-33-21-22-34-32-13-8-10-15-41(32)46(43(34)35(33)23-24-38(42)44(37,3)4)29-19-16-27(17-20-29)28-18-25-40-36(26-28)31-12-7-9-14-39(31)45-40;1-3-5-7-6-4-2;1-2/h6-26,45H,5H2,1-4H3;3-7H,1H2,2H3;1-2H3/b30-6+,37-11+;6-4-,7-5-;. The summed E-state index contributed by atoms with van der Waals surface area (Å²) < 4.78 is 2.48. The molecule has 2 heterocycles. The number of H-pyrrole nitrogens is 1. The molecule has 0 unspecified atom stereocenters. The Bertz CT molecular complexity index is 2810. The van der Waals surface area contributed by atoms with E-state index in [1.165, 1.54) is 93.5 Å². The van der Waals surface area contributed by atoms with Gasteiger partial charge in [0.05, 0.1) is 11.0 Å². The van der Waals surface area contributed by atoms with Crippen molar-refractivity contribution in [1.82, 2.24) is 9.55 Å². The first-order chi connectivity index (χ1) is 26.9. The summed E-state index contributed by atoms with van der Waals surface area (Å²) in [6.45, 7) is 18.7. The van der Waals surface area contributed by atoms with Gasteiger partial charge < -0.3 is 9.55 Å². The summed E-state index contributed by atoms with van der Waals surface area (Å²) in [7, 11) is 0. The lowest BCUT2D eigenvalue weighted by atomic mass is 9.81. The number of para-hydroxylation sites is 2. The lowest BCUT2D eigenvalue weighted by molar-refractivity contribution is 0.658. The van der Waals surface area contributed by atoms with Crippen molar-refractivity contribution in [3.63, 3.8) is 0 Å². The maximum Gasteiger partial charge on any atom is 0.0619 e. The number of benzene rings is 6. The molecular weight excluding hydrogens is 665 g/mol. The zero-order chi connectivity index (χ0) is 38.7. The van der Waals surface area contributed by atoms with Crippen molar-refractivity contribution in [2.24, 2.45) is 0 Å². The highest BCUT2D eigenvalue weighted by molar-refractivity contribution is 6.21. The zero-order valence-electron chi connectivity index (χ0n) is 33.4. The van der Waals surface area contributed by atoms with Crippen LogP contribution in [0.2, 0.25) is 0 Å². The van der Waals surface area contributed by atoms with Crippen molar-refractivity contribution in [3.8, 4) is 16.8 Å². The third kappa shape index (κ3) is 6.36. The summed E-state index contributed by atoms with van der Waals surface area (Å²) in [5, 5.41) is 7.74. The molecule has 2 aromatic heterocycles. The second kappa shape index (κ2) is 15.7. The lowest BCUT2D eigenvalue weighted by Crippen LogP contribution is -2.15. The van der Waals surface area contributed by atoms with Crippen LogP contribution < -0.4 is 0 Å². The van der Waals surface area contributed by atoms with E-state index < -0.39 is 0 Å². The summed E-state index contributed by atoms with van der Waals surface area (Å²) in [6, 6.07) is 42.7. The molecular formula is C53H52N2. The molecule has 9 rings (SSSR count). The molecule has 1 aliphatic carbocycles. The molecule has 0 radical (unpaired) electrons. The third-order valence-corrected chi connectivity index (χ3v) is 11.0. The molecule has 1 N–H and O–H groups in total. The second-order valence-corrected chi connectivity index (χ2v) is 14.4. The van der Waals surface area contributed by atoms with Crippen LogP contribution in [0, 0.1) is 0 Å². The number of nitrogens with one attached hydrogen (secondary N) is 1. The van der Waals surface area contributed by atoms with Gasteiger partial charge in [0.15, 0.2) is 0 Å². The van der Waals surface area contributed by atoms with Crippen LogP contribution in [0.1, 0.15) is 66.0 Å². The van der Waals surface area contributed by atoms with Crippen molar-refractivity contribution < 1.29 is 0 Å². The van der Waals surface area contributed by atoms with Crippen LogP contribution in [0.15, 0.2) is 170 Å². The number of aromatic nitrogens is 2. The minimum Gasteiger partial charge on any atom is -0.355 e. The van der Waals surface area contributed by atoms with Gasteiger partial charge in [0.25, 0.3) is 0 Å². The SMILES string of the molecule is C/C=C1\C(=C/CC)C(C)(C)c2ccc3c(ccc4c5ccccc5n(-c5ccc(-c6ccc7[nH]c8ccccc8c7c6)cc5)c34)c21.C=C/C=C\C=C/C.CC. The third-order valence-electron chi connectivity index (χ3n) is 11.0. The molecule has 274 valence electrons. The first kappa shape index (κ1) is 37.2. The Kier molecular flexibility index (Phi) is 10.6. The van der Waals surface area contributed by atoms with Gasteiger partial charge in [-0.25, -0.2) is 0 Å². The Morgan fingerprint density at radius 3 is 2.04 bits per heavy atom. The molecule has 6 aromatic carbocycles.